The second kappa shape index (κ2) is 10.3. The number of aromatic nitrogens is 2. The van der Waals surface area contributed by atoms with Crippen LogP contribution >= 0.6 is 0 Å². The van der Waals surface area contributed by atoms with Crippen molar-refractivity contribution in [3.8, 4) is 11.5 Å². The lowest BCUT2D eigenvalue weighted by Crippen LogP contribution is -2.13. The number of nitrogens with two attached hydrogens (primary N) is 1. The van der Waals surface area contributed by atoms with Crippen LogP contribution in [0.25, 0.3) is 0 Å². The summed E-state index contributed by atoms with van der Waals surface area (Å²) in [6.45, 7) is 2.11. The highest BCUT2D eigenvalue weighted by molar-refractivity contribution is 5.73. The molecular formula is C18H27N5O3. The summed E-state index contributed by atoms with van der Waals surface area (Å²) in [5.41, 5.74) is 7.78. The third-order valence-electron chi connectivity index (χ3n) is 3.86. The summed E-state index contributed by atoms with van der Waals surface area (Å²) in [5, 5.41) is 6.45. The predicted molar refractivity (Wildman–Crippen MR) is 103 cm³/mol. The van der Waals surface area contributed by atoms with Gasteiger partial charge in [0.1, 0.15) is 12.0 Å². The van der Waals surface area contributed by atoms with Gasteiger partial charge in [0.05, 0.1) is 14.2 Å². The minimum absolute atomic E-state index is 0.511. The van der Waals surface area contributed by atoms with Crippen molar-refractivity contribution in [1.82, 2.24) is 9.97 Å². The van der Waals surface area contributed by atoms with Gasteiger partial charge in [0.25, 0.3) is 0 Å². The fraction of sp³-hybridized carbons (Fsp3) is 0.444. The molecule has 2 rings (SSSR count). The van der Waals surface area contributed by atoms with E-state index in [0.29, 0.717) is 42.0 Å². The lowest BCUT2D eigenvalue weighted by Gasteiger charge is -2.13. The lowest BCUT2D eigenvalue weighted by molar-refractivity contribution is 0.198. The number of benzene rings is 1. The van der Waals surface area contributed by atoms with Crippen LogP contribution in [0.15, 0.2) is 24.5 Å². The van der Waals surface area contributed by atoms with Gasteiger partial charge < -0.3 is 30.6 Å². The molecule has 0 aliphatic carbocycles. The average Bonchev–Trinajstić information content (AvgIpc) is 2.67. The molecule has 2 aromatic rings. The first-order valence-electron chi connectivity index (χ1n) is 8.47. The molecule has 8 heteroatoms. The van der Waals surface area contributed by atoms with E-state index in [1.54, 1.807) is 21.3 Å². The third-order valence-corrected chi connectivity index (χ3v) is 3.86. The lowest BCUT2D eigenvalue weighted by atomic mass is 10.1. The van der Waals surface area contributed by atoms with Crippen LogP contribution in [0.5, 0.6) is 11.5 Å². The number of methoxy groups -OCH3 is 3. The van der Waals surface area contributed by atoms with E-state index in [9.17, 15) is 0 Å². The standard InChI is InChI=1S/C18H27N5O3/c1-24-10-4-8-20-17-16(19)18(23-12-22-17)21-9-7-13-5-6-14(25-2)15(11-13)26-3/h5-6,11-12H,4,7-10,19H2,1-3H3,(H2,20,21,22,23). The molecule has 4 N–H and O–H groups in total. The van der Waals surface area contributed by atoms with Crippen LogP contribution < -0.4 is 25.8 Å². The summed E-state index contributed by atoms with van der Waals surface area (Å²) in [6.07, 6.45) is 3.16. The zero-order valence-corrected chi connectivity index (χ0v) is 15.5. The molecule has 1 aromatic heterocycles. The zero-order chi connectivity index (χ0) is 18.8. The van der Waals surface area contributed by atoms with Gasteiger partial charge in [-0.15, -0.1) is 0 Å². The molecule has 0 aliphatic rings. The summed E-state index contributed by atoms with van der Waals surface area (Å²) >= 11 is 0. The van der Waals surface area contributed by atoms with E-state index in [4.69, 9.17) is 19.9 Å². The van der Waals surface area contributed by atoms with E-state index in [2.05, 4.69) is 20.6 Å². The smallest absolute Gasteiger partial charge is 0.160 e. The van der Waals surface area contributed by atoms with E-state index in [1.807, 2.05) is 18.2 Å². The third kappa shape index (κ3) is 5.38. The molecule has 0 saturated heterocycles. The molecule has 26 heavy (non-hydrogen) atoms. The van der Waals surface area contributed by atoms with Crippen molar-refractivity contribution in [3.63, 3.8) is 0 Å². The molecule has 0 bridgehead atoms. The molecule has 0 fully saturated rings. The molecular weight excluding hydrogens is 334 g/mol. The van der Waals surface area contributed by atoms with Gasteiger partial charge in [0.15, 0.2) is 23.1 Å². The van der Waals surface area contributed by atoms with Crippen molar-refractivity contribution in [1.29, 1.82) is 0 Å². The van der Waals surface area contributed by atoms with Gasteiger partial charge >= 0.3 is 0 Å². The van der Waals surface area contributed by atoms with Crippen LogP contribution in [0, 0.1) is 0 Å². The summed E-state index contributed by atoms with van der Waals surface area (Å²) in [4.78, 5) is 8.41. The number of ether oxygens (including phenoxy) is 3. The summed E-state index contributed by atoms with van der Waals surface area (Å²) in [7, 11) is 4.93. The Bertz CT molecular complexity index is 697. The molecule has 1 heterocycles. The number of rotatable bonds is 11. The molecule has 8 nitrogen and oxygen atoms in total. The van der Waals surface area contributed by atoms with Crippen molar-refractivity contribution in [2.24, 2.45) is 0 Å². The Morgan fingerprint density at radius 1 is 0.962 bits per heavy atom. The molecule has 0 aliphatic heterocycles. The molecule has 142 valence electrons. The zero-order valence-electron chi connectivity index (χ0n) is 15.5. The van der Waals surface area contributed by atoms with Crippen molar-refractivity contribution >= 4 is 17.3 Å². The van der Waals surface area contributed by atoms with Gasteiger partial charge in [0.2, 0.25) is 0 Å². The van der Waals surface area contributed by atoms with Crippen molar-refractivity contribution in [2.75, 3.05) is 57.4 Å². The van der Waals surface area contributed by atoms with Crippen LogP contribution in [0.2, 0.25) is 0 Å². The molecule has 0 radical (unpaired) electrons. The number of anilines is 3. The Morgan fingerprint density at radius 2 is 1.65 bits per heavy atom. The van der Waals surface area contributed by atoms with Crippen LogP contribution in [-0.2, 0) is 11.2 Å². The topological polar surface area (TPSA) is 104 Å². The molecule has 0 spiro atoms. The van der Waals surface area contributed by atoms with E-state index in [0.717, 1.165) is 24.9 Å². The quantitative estimate of drug-likeness (QED) is 0.523. The predicted octanol–water partition coefficient (Wildman–Crippen LogP) is 2.18. The summed E-state index contributed by atoms with van der Waals surface area (Å²) < 4.78 is 15.6. The van der Waals surface area contributed by atoms with Crippen LogP contribution in [-0.4, -0.2) is 51.0 Å². The fourth-order valence-electron chi connectivity index (χ4n) is 2.46. The first-order chi connectivity index (χ1) is 12.7. The minimum atomic E-state index is 0.511. The van der Waals surface area contributed by atoms with Gasteiger partial charge in [-0.2, -0.15) is 0 Å². The fourth-order valence-corrected chi connectivity index (χ4v) is 2.46. The van der Waals surface area contributed by atoms with Gasteiger partial charge in [-0.05, 0) is 30.5 Å². The van der Waals surface area contributed by atoms with Gasteiger partial charge in [-0.3, -0.25) is 0 Å². The van der Waals surface area contributed by atoms with E-state index in [1.165, 1.54) is 6.33 Å². The summed E-state index contributed by atoms with van der Waals surface area (Å²) in [5.74, 6) is 2.68. The van der Waals surface area contributed by atoms with Gasteiger partial charge in [-0.25, -0.2) is 9.97 Å². The Morgan fingerprint density at radius 3 is 2.31 bits per heavy atom. The molecule has 0 atom stereocenters. The monoisotopic (exact) mass is 361 g/mol. The van der Waals surface area contributed by atoms with E-state index >= 15 is 0 Å². The first kappa shape index (κ1) is 19.6. The van der Waals surface area contributed by atoms with Gasteiger partial charge in [-0.1, -0.05) is 6.07 Å². The van der Waals surface area contributed by atoms with Crippen LogP contribution in [0.3, 0.4) is 0 Å². The molecule has 0 unspecified atom stereocenters. The Labute approximate surface area is 154 Å². The number of hydrogen-bond acceptors (Lipinski definition) is 8. The van der Waals surface area contributed by atoms with Crippen molar-refractivity contribution in [2.45, 2.75) is 12.8 Å². The number of nitrogens with one attached hydrogen (secondary N) is 2. The van der Waals surface area contributed by atoms with Crippen LogP contribution in [0.4, 0.5) is 17.3 Å². The maximum absolute atomic E-state index is 6.14. The normalized spacial score (nSPS) is 10.4. The van der Waals surface area contributed by atoms with E-state index in [-0.39, 0.29) is 0 Å². The second-order valence-electron chi connectivity index (χ2n) is 5.62. The Hall–Kier alpha value is -2.74. The molecule has 0 saturated carbocycles. The highest BCUT2D eigenvalue weighted by Gasteiger charge is 2.08. The van der Waals surface area contributed by atoms with E-state index < -0.39 is 0 Å². The highest BCUT2D eigenvalue weighted by Crippen LogP contribution is 2.28. The maximum Gasteiger partial charge on any atom is 0.160 e. The summed E-state index contributed by atoms with van der Waals surface area (Å²) in [6, 6.07) is 5.87. The Balaban J connectivity index is 1.91. The highest BCUT2D eigenvalue weighted by atomic mass is 16.5. The van der Waals surface area contributed by atoms with Crippen LogP contribution in [0.1, 0.15) is 12.0 Å². The number of nitrogen functional groups attached to an aromatic ring is 1. The second-order valence-corrected chi connectivity index (χ2v) is 5.62. The Kier molecular flexibility index (Phi) is 7.75. The van der Waals surface area contributed by atoms with Gasteiger partial charge in [0, 0.05) is 26.8 Å². The largest absolute Gasteiger partial charge is 0.493 e. The molecule has 1 aromatic carbocycles. The van der Waals surface area contributed by atoms with Crippen molar-refractivity contribution in [3.05, 3.63) is 30.1 Å². The molecule has 0 amide bonds. The minimum Gasteiger partial charge on any atom is -0.493 e. The van der Waals surface area contributed by atoms with Crippen molar-refractivity contribution < 1.29 is 14.2 Å². The SMILES string of the molecule is COCCCNc1ncnc(NCCc2ccc(OC)c(OC)c2)c1N. The number of hydrogen-bond donors (Lipinski definition) is 3. The average molecular weight is 361 g/mol. The first-order valence-corrected chi connectivity index (χ1v) is 8.47. The maximum atomic E-state index is 6.14. The number of nitrogens with zero attached hydrogens (tertiary/aromatic N) is 2.